The van der Waals surface area contributed by atoms with E-state index in [0.29, 0.717) is 18.9 Å². The molecule has 0 atom stereocenters. The van der Waals surface area contributed by atoms with Crippen molar-refractivity contribution in [2.45, 2.75) is 0 Å². The van der Waals surface area contributed by atoms with E-state index in [9.17, 15) is 4.79 Å². The van der Waals surface area contributed by atoms with Gasteiger partial charge in [-0.3, -0.25) is 9.48 Å². The van der Waals surface area contributed by atoms with Crippen LogP contribution in [0, 0.1) is 0 Å². The fraction of sp³-hybridized carbons (Fsp3) is 0.238. The minimum Gasteiger partial charge on any atom is -0.378 e. The summed E-state index contributed by atoms with van der Waals surface area (Å²) in [6.45, 7) is 3.02. The van der Waals surface area contributed by atoms with Crippen LogP contribution in [0.15, 0.2) is 60.7 Å². The van der Waals surface area contributed by atoms with Crippen LogP contribution in [0.1, 0.15) is 10.5 Å². The van der Waals surface area contributed by atoms with Crippen molar-refractivity contribution >= 4 is 17.3 Å². The van der Waals surface area contributed by atoms with Gasteiger partial charge in [0.05, 0.1) is 30.3 Å². The van der Waals surface area contributed by atoms with Gasteiger partial charge < -0.3 is 15.0 Å². The monoisotopic (exact) mass is 362 g/mol. The summed E-state index contributed by atoms with van der Waals surface area (Å²) in [5, 5.41) is 7.42. The SMILES string of the molecule is Cn1nc(C(=O)Nc2ccccc2N2CCOCC2)cc1-c1ccccc1. The third kappa shape index (κ3) is 3.71. The van der Waals surface area contributed by atoms with Crippen LogP contribution in [-0.2, 0) is 11.8 Å². The Bertz CT molecular complexity index is 930. The van der Waals surface area contributed by atoms with Gasteiger partial charge in [0.15, 0.2) is 5.69 Å². The first-order valence-corrected chi connectivity index (χ1v) is 9.05. The molecule has 0 saturated carbocycles. The van der Waals surface area contributed by atoms with Crippen molar-refractivity contribution in [2.75, 3.05) is 36.5 Å². The molecule has 6 heteroatoms. The Hall–Kier alpha value is -3.12. The predicted molar refractivity (Wildman–Crippen MR) is 106 cm³/mol. The number of ether oxygens (including phenoxy) is 1. The summed E-state index contributed by atoms with van der Waals surface area (Å²) in [5.74, 6) is -0.214. The van der Waals surface area contributed by atoms with Crippen LogP contribution in [0.2, 0.25) is 0 Å². The molecule has 0 bridgehead atoms. The van der Waals surface area contributed by atoms with E-state index in [-0.39, 0.29) is 5.91 Å². The molecule has 0 spiro atoms. The summed E-state index contributed by atoms with van der Waals surface area (Å²) in [4.78, 5) is 15.0. The summed E-state index contributed by atoms with van der Waals surface area (Å²) in [6, 6.07) is 19.6. The van der Waals surface area contributed by atoms with Crippen LogP contribution < -0.4 is 10.2 Å². The molecule has 1 amide bonds. The van der Waals surface area contributed by atoms with Crippen LogP contribution in [0.25, 0.3) is 11.3 Å². The second-order valence-electron chi connectivity index (χ2n) is 6.48. The number of para-hydroxylation sites is 2. The minimum absolute atomic E-state index is 0.214. The van der Waals surface area contributed by atoms with E-state index >= 15 is 0 Å². The smallest absolute Gasteiger partial charge is 0.276 e. The molecule has 0 unspecified atom stereocenters. The Morgan fingerprint density at radius 2 is 1.74 bits per heavy atom. The van der Waals surface area contributed by atoms with Gasteiger partial charge in [-0.1, -0.05) is 42.5 Å². The lowest BCUT2D eigenvalue weighted by atomic mass is 10.1. The van der Waals surface area contributed by atoms with Crippen molar-refractivity contribution < 1.29 is 9.53 Å². The number of hydrogen-bond acceptors (Lipinski definition) is 4. The molecule has 1 N–H and O–H groups in total. The first-order chi connectivity index (χ1) is 13.2. The van der Waals surface area contributed by atoms with Crippen molar-refractivity contribution in [3.63, 3.8) is 0 Å². The molecule has 1 aliphatic rings. The van der Waals surface area contributed by atoms with Gasteiger partial charge in [-0.25, -0.2) is 0 Å². The molecule has 3 aromatic rings. The van der Waals surface area contributed by atoms with Crippen LogP contribution >= 0.6 is 0 Å². The third-order valence-electron chi connectivity index (χ3n) is 4.69. The van der Waals surface area contributed by atoms with Gasteiger partial charge in [-0.15, -0.1) is 0 Å². The number of morpholine rings is 1. The lowest BCUT2D eigenvalue weighted by molar-refractivity contribution is 0.102. The van der Waals surface area contributed by atoms with E-state index in [2.05, 4.69) is 15.3 Å². The molecule has 138 valence electrons. The molecular weight excluding hydrogens is 340 g/mol. The molecule has 0 aliphatic carbocycles. The molecule has 2 heterocycles. The summed E-state index contributed by atoms with van der Waals surface area (Å²) < 4.78 is 7.16. The number of aryl methyl sites for hydroxylation is 1. The van der Waals surface area contributed by atoms with Gasteiger partial charge in [0.2, 0.25) is 0 Å². The number of amides is 1. The highest BCUT2D eigenvalue weighted by molar-refractivity contribution is 6.05. The van der Waals surface area contributed by atoms with Crippen molar-refractivity contribution in [1.29, 1.82) is 0 Å². The number of carbonyl (C=O) groups excluding carboxylic acids is 1. The Morgan fingerprint density at radius 1 is 1.04 bits per heavy atom. The maximum atomic E-state index is 12.8. The first kappa shape index (κ1) is 17.3. The molecule has 27 heavy (non-hydrogen) atoms. The number of anilines is 2. The predicted octanol–water partition coefficient (Wildman–Crippen LogP) is 3.18. The third-order valence-corrected chi connectivity index (χ3v) is 4.69. The highest BCUT2D eigenvalue weighted by Gasteiger charge is 2.18. The van der Waals surface area contributed by atoms with E-state index in [1.165, 1.54) is 0 Å². The molecule has 0 radical (unpaired) electrons. The average Bonchev–Trinajstić information content (AvgIpc) is 3.12. The van der Waals surface area contributed by atoms with Gasteiger partial charge in [0.1, 0.15) is 0 Å². The molecule has 6 nitrogen and oxygen atoms in total. The zero-order valence-corrected chi connectivity index (χ0v) is 15.3. The fourth-order valence-corrected chi connectivity index (χ4v) is 3.30. The van der Waals surface area contributed by atoms with Gasteiger partial charge >= 0.3 is 0 Å². The van der Waals surface area contributed by atoms with Crippen LogP contribution in [-0.4, -0.2) is 42.0 Å². The zero-order valence-electron chi connectivity index (χ0n) is 15.3. The van der Waals surface area contributed by atoms with Crippen LogP contribution in [0.5, 0.6) is 0 Å². The summed E-state index contributed by atoms with van der Waals surface area (Å²) in [7, 11) is 1.85. The van der Waals surface area contributed by atoms with Crippen LogP contribution in [0.3, 0.4) is 0 Å². The van der Waals surface area contributed by atoms with E-state index in [0.717, 1.165) is 35.7 Å². The van der Waals surface area contributed by atoms with Crippen molar-refractivity contribution in [2.24, 2.45) is 7.05 Å². The molecule has 1 fully saturated rings. The maximum absolute atomic E-state index is 12.8. The second kappa shape index (κ2) is 7.63. The average molecular weight is 362 g/mol. The molecule has 2 aromatic carbocycles. The van der Waals surface area contributed by atoms with Crippen LogP contribution in [0.4, 0.5) is 11.4 Å². The number of nitrogens with zero attached hydrogens (tertiary/aromatic N) is 3. The first-order valence-electron chi connectivity index (χ1n) is 9.05. The largest absolute Gasteiger partial charge is 0.378 e. The maximum Gasteiger partial charge on any atom is 0.276 e. The number of hydrogen-bond donors (Lipinski definition) is 1. The number of carbonyl (C=O) groups is 1. The van der Waals surface area contributed by atoms with Crippen molar-refractivity contribution in [1.82, 2.24) is 9.78 Å². The molecule has 4 rings (SSSR count). The fourth-order valence-electron chi connectivity index (χ4n) is 3.30. The Kier molecular flexibility index (Phi) is 4.89. The van der Waals surface area contributed by atoms with E-state index in [4.69, 9.17) is 4.74 Å². The van der Waals surface area contributed by atoms with E-state index in [1.54, 1.807) is 4.68 Å². The molecule has 1 aromatic heterocycles. The highest BCUT2D eigenvalue weighted by atomic mass is 16.5. The summed E-state index contributed by atoms with van der Waals surface area (Å²) in [5.41, 5.74) is 4.13. The second-order valence-corrected chi connectivity index (χ2v) is 6.48. The highest BCUT2D eigenvalue weighted by Crippen LogP contribution is 2.27. The van der Waals surface area contributed by atoms with Gasteiger partial charge in [0.25, 0.3) is 5.91 Å². The lowest BCUT2D eigenvalue weighted by Crippen LogP contribution is -2.36. The van der Waals surface area contributed by atoms with E-state index in [1.807, 2.05) is 67.7 Å². The van der Waals surface area contributed by atoms with Gasteiger partial charge in [-0.2, -0.15) is 5.10 Å². The summed E-state index contributed by atoms with van der Waals surface area (Å²) in [6.07, 6.45) is 0. The van der Waals surface area contributed by atoms with E-state index < -0.39 is 0 Å². The normalized spacial score (nSPS) is 14.2. The molecule has 1 aliphatic heterocycles. The topological polar surface area (TPSA) is 59.4 Å². The van der Waals surface area contributed by atoms with Crippen molar-refractivity contribution in [3.05, 3.63) is 66.4 Å². The Morgan fingerprint density at radius 3 is 2.52 bits per heavy atom. The lowest BCUT2D eigenvalue weighted by Gasteiger charge is -2.30. The number of aromatic nitrogens is 2. The van der Waals surface area contributed by atoms with Crippen molar-refractivity contribution in [3.8, 4) is 11.3 Å². The zero-order chi connectivity index (χ0) is 18.6. The number of benzene rings is 2. The Labute approximate surface area is 158 Å². The summed E-state index contributed by atoms with van der Waals surface area (Å²) >= 11 is 0. The molecule has 1 saturated heterocycles. The standard InChI is InChI=1S/C21H22N4O2/c1-24-20(16-7-3-2-4-8-16)15-18(23-24)21(26)22-17-9-5-6-10-19(17)25-11-13-27-14-12-25/h2-10,15H,11-14H2,1H3,(H,22,26). The number of nitrogens with one attached hydrogen (secondary N) is 1. The number of rotatable bonds is 4. The van der Waals surface area contributed by atoms with Gasteiger partial charge in [-0.05, 0) is 23.8 Å². The minimum atomic E-state index is -0.214. The van der Waals surface area contributed by atoms with Gasteiger partial charge in [0, 0.05) is 20.1 Å². The Balaban J connectivity index is 1.57. The quantitative estimate of drug-likeness (QED) is 0.774. The molecular formula is C21H22N4O2.